The molecule has 1 aliphatic carbocycles. The highest BCUT2D eigenvalue weighted by Crippen LogP contribution is 2.33. The molecular weight excluding hydrogens is 286 g/mol. The Kier molecular flexibility index (Phi) is 4.02. The van der Waals surface area contributed by atoms with Crippen molar-refractivity contribution in [3.63, 3.8) is 0 Å². The number of anilines is 1. The molecule has 1 fully saturated rings. The van der Waals surface area contributed by atoms with Crippen molar-refractivity contribution in [3.05, 3.63) is 17.0 Å². The van der Waals surface area contributed by atoms with Gasteiger partial charge in [0.15, 0.2) is 0 Å². The first-order chi connectivity index (χ1) is 10.1. The van der Waals surface area contributed by atoms with E-state index >= 15 is 0 Å². The molecule has 0 N–H and O–H groups in total. The molecule has 0 bridgehead atoms. The van der Waals surface area contributed by atoms with Crippen molar-refractivity contribution in [1.29, 1.82) is 0 Å². The summed E-state index contributed by atoms with van der Waals surface area (Å²) in [6.07, 6.45) is 7.90. The van der Waals surface area contributed by atoms with Crippen molar-refractivity contribution >= 4 is 23.2 Å². The van der Waals surface area contributed by atoms with Gasteiger partial charge in [-0.2, -0.15) is 19.6 Å². The Morgan fingerprint density at radius 1 is 1.33 bits per heavy atom. The van der Waals surface area contributed by atoms with Gasteiger partial charge in [-0.05, 0) is 38.5 Å². The fraction of sp³-hybridized carbons (Fsp3) is 0.667. The summed E-state index contributed by atoms with van der Waals surface area (Å²) in [7, 11) is 2.14. The monoisotopic (exact) mass is 307 g/mol. The molecule has 2 aromatic heterocycles. The third kappa shape index (κ3) is 2.59. The number of halogens is 1. The van der Waals surface area contributed by atoms with Crippen LogP contribution >= 0.6 is 11.6 Å². The van der Waals surface area contributed by atoms with Crippen LogP contribution < -0.4 is 4.90 Å². The summed E-state index contributed by atoms with van der Waals surface area (Å²) < 4.78 is 1.80. The zero-order valence-electron chi connectivity index (χ0n) is 12.9. The van der Waals surface area contributed by atoms with Gasteiger partial charge in [-0.15, -0.1) is 0 Å². The summed E-state index contributed by atoms with van der Waals surface area (Å²) in [6.45, 7) is 4.29. The fourth-order valence-corrected chi connectivity index (χ4v) is 3.57. The lowest BCUT2D eigenvalue weighted by molar-refractivity contribution is 0.312. The molecule has 114 valence electrons. The van der Waals surface area contributed by atoms with E-state index in [4.69, 9.17) is 11.6 Å². The Balaban J connectivity index is 1.93. The van der Waals surface area contributed by atoms with Crippen LogP contribution in [-0.4, -0.2) is 32.7 Å². The van der Waals surface area contributed by atoms with Gasteiger partial charge in [0.2, 0.25) is 0 Å². The van der Waals surface area contributed by atoms with Crippen LogP contribution in [-0.2, 0) is 0 Å². The van der Waals surface area contributed by atoms with Crippen LogP contribution in [0.2, 0.25) is 5.15 Å². The van der Waals surface area contributed by atoms with Gasteiger partial charge in [-0.1, -0.05) is 24.9 Å². The van der Waals surface area contributed by atoms with Crippen LogP contribution in [0.4, 0.5) is 5.82 Å². The van der Waals surface area contributed by atoms with Crippen molar-refractivity contribution in [1.82, 2.24) is 19.6 Å². The van der Waals surface area contributed by atoms with Crippen LogP contribution in [0, 0.1) is 12.8 Å². The van der Waals surface area contributed by atoms with E-state index < -0.39 is 0 Å². The number of hydrogen-bond donors (Lipinski definition) is 0. The zero-order chi connectivity index (χ0) is 15.0. The van der Waals surface area contributed by atoms with E-state index in [-0.39, 0.29) is 0 Å². The van der Waals surface area contributed by atoms with Gasteiger partial charge in [0, 0.05) is 18.7 Å². The summed E-state index contributed by atoms with van der Waals surface area (Å²) in [5.41, 5.74) is 0.967. The first-order valence-electron chi connectivity index (χ1n) is 7.70. The summed E-state index contributed by atoms with van der Waals surface area (Å²) in [4.78, 5) is 10.8. The zero-order valence-corrected chi connectivity index (χ0v) is 13.6. The smallest absolute Gasteiger partial charge is 0.255 e. The molecule has 6 heteroatoms. The average Bonchev–Trinajstić information content (AvgIpc) is 2.95. The SMILES string of the molecule is CCC1CCC(N(C)c2c(C)c(Cl)nc3ncnn23)CC1. The summed E-state index contributed by atoms with van der Waals surface area (Å²) in [5, 5.41) is 4.82. The molecule has 0 spiro atoms. The van der Waals surface area contributed by atoms with E-state index in [2.05, 4.69) is 33.9 Å². The van der Waals surface area contributed by atoms with Gasteiger partial charge in [-0.3, -0.25) is 0 Å². The van der Waals surface area contributed by atoms with Gasteiger partial charge in [0.05, 0.1) is 0 Å². The number of nitrogens with zero attached hydrogens (tertiary/aromatic N) is 5. The van der Waals surface area contributed by atoms with Crippen molar-refractivity contribution in [2.75, 3.05) is 11.9 Å². The molecule has 2 aromatic rings. The Labute approximate surface area is 130 Å². The highest BCUT2D eigenvalue weighted by molar-refractivity contribution is 6.30. The minimum Gasteiger partial charge on any atom is -0.356 e. The maximum absolute atomic E-state index is 6.26. The third-order valence-corrected chi connectivity index (χ3v) is 5.22. The van der Waals surface area contributed by atoms with E-state index in [1.165, 1.54) is 38.4 Å². The lowest BCUT2D eigenvalue weighted by atomic mass is 9.84. The van der Waals surface area contributed by atoms with Crippen LogP contribution in [0.5, 0.6) is 0 Å². The molecule has 0 aromatic carbocycles. The van der Waals surface area contributed by atoms with Crippen molar-refractivity contribution in [2.24, 2.45) is 5.92 Å². The Morgan fingerprint density at radius 3 is 2.71 bits per heavy atom. The second kappa shape index (κ2) is 5.79. The number of hydrogen-bond acceptors (Lipinski definition) is 4. The molecule has 0 unspecified atom stereocenters. The maximum atomic E-state index is 6.26. The second-order valence-corrected chi connectivity index (χ2v) is 6.37. The largest absolute Gasteiger partial charge is 0.356 e. The van der Waals surface area contributed by atoms with E-state index in [0.29, 0.717) is 17.0 Å². The van der Waals surface area contributed by atoms with Crippen LogP contribution in [0.25, 0.3) is 5.78 Å². The van der Waals surface area contributed by atoms with Gasteiger partial charge < -0.3 is 4.90 Å². The topological polar surface area (TPSA) is 46.3 Å². The minimum absolute atomic E-state index is 0.514. The lowest BCUT2D eigenvalue weighted by Gasteiger charge is -2.36. The molecule has 1 aliphatic rings. The molecule has 21 heavy (non-hydrogen) atoms. The third-order valence-electron chi connectivity index (χ3n) is 4.85. The molecule has 0 aliphatic heterocycles. The molecule has 2 heterocycles. The highest BCUT2D eigenvalue weighted by atomic mass is 35.5. The van der Waals surface area contributed by atoms with E-state index in [9.17, 15) is 0 Å². The van der Waals surface area contributed by atoms with E-state index in [1.807, 2.05) is 6.92 Å². The average molecular weight is 308 g/mol. The standard InChI is InChI=1S/C15H22ClN5/c1-4-11-5-7-12(8-6-11)20(3)14-10(2)13(16)19-15-17-9-18-21(14)15/h9,11-12H,4-8H2,1-3H3. The first kappa shape index (κ1) is 14.6. The predicted octanol–water partition coefficient (Wildman–Crippen LogP) is 3.49. The molecule has 5 nitrogen and oxygen atoms in total. The van der Waals surface area contributed by atoms with Gasteiger partial charge in [0.25, 0.3) is 5.78 Å². The first-order valence-corrected chi connectivity index (χ1v) is 8.08. The Morgan fingerprint density at radius 2 is 2.05 bits per heavy atom. The van der Waals surface area contributed by atoms with Crippen LogP contribution in [0.1, 0.15) is 44.6 Å². The second-order valence-electron chi connectivity index (χ2n) is 6.02. The fourth-order valence-electron chi connectivity index (χ4n) is 3.41. The summed E-state index contributed by atoms with van der Waals surface area (Å²) >= 11 is 6.26. The minimum atomic E-state index is 0.514. The van der Waals surface area contributed by atoms with Crippen molar-refractivity contribution in [3.8, 4) is 0 Å². The van der Waals surface area contributed by atoms with Crippen LogP contribution in [0.15, 0.2) is 6.33 Å². The van der Waals surface area contributed by atoms with E-state index in [0.717, 1.165) is 17.3 Å². The van der Waals surface area contributed by atoms with Gasteiger partial charge in [0.1, 0.15) is 17.3 Å². The number of rotatable bonds is 3. The summed E-state index contributed by atoms with van der Waals surface area (Å²) in [6, 6.07) is 0.539. The normalized spacial score (nSPS) is 22.7. The number of aromatic nitrogens is 4. The van der Waals surface area contributed by atoms with Crippen LogP contribution in [0.3, 0.4) is 0 Å². The summed E-state index contributed by atoms with van der Waals surface area (Å²) in [5.74, 6) is 2.47. The van der Waals surface area contributed by atoms with Crippen molar-refractivity contribution in [2.45, 2.75) is 52.0 Å². The molecule has 0 radical (unpaired) electrons. The predicted molar refractivity (Wildman–Crippen MR) is 85.0 cm³/mol. The molecular formula is C15H22ClN5. The van der Waals surface area contributed by atoms with Gasteiger partial charge in [-0.25, -0.2) is 0 Å². The van der Waals surface area contributed by atoms with Crippen molar-refractivity contribution < 1.29 is 0 Å². The quantitative estimate of drug-likeness (QED) is 0.814. The Hall–Kier alpha value is -1.36. The van der Waals surface area contributed by atoms with E-state index in [1.54, 1.807) is 4.52 Å². The molecule has 1 saturated carbocycles. The maximum Gasteiger partial charge on any atom is 0.255 e. The van der Waals surface area contributed by atoms with Gasteiger partial charge >= 0.3 is 0 Å². The molecule has 0 amide bonds. The Bertz CT molecular complexity index is 630. The number of fused-ring (bicyclic) bond motifs is 1. The molecule has 3 rings (SSSR count). The lowest BCUT2D eigenvalue weighted by Crippen LogP contribution is -2.37. The molecule has 0 saturated heterocycles. The highest BCUT2D eigenvalue weighted by Gasteiger charge is 2.26. The molecule has 0 atom stereocenters.